The second-order valence-corrected chi connectivity index (χ2v) is 8.91. The van der Waals surface area contributed by atoms with Gasteiger partial charge in [0.2, 0.25) is 0 Å². The van der Waals surface area contributed by atoms with Gasteiger partial charge in [-0.15, -0.1) is 0 Å². The van der Waals surface area contributed by atoms with Gasteiger partial charge in [0, 0.05) is 11.3 Å². The van der Waals surface area contributed by atoms with Crippen molar-refractivity contribution in [3.8, 4) is 0 Å². The monoisotopic (exact) mass is 375 g/mol. The number of hydrogen-bond acceptors (Lipinski definition) is 3. The van der Waals surface area contributed by atoms with Crippen LogP contribution in [0, 0.1) is 18.7 Å². The van der Waals surface area contributed by atoms with Crippen LogP contribution in [0.2, 0.25) is 0 Å². The fourth-order valence-corrected chi connectivity index (χ4v) is 5.03. The van der Waals surface area contributed by atoms with E-state index in [4.69, 9.17) is 0 Å². The Morgan fingerprint density at radius 2 is 1.88 bits per heavy atom. The largest absolute Gasteiger partial charge is 0.322 e. The number of rotatable bonds is 5. The van der Waals surface area contributed by atoms with Crippen LogP contribution in [0.25, 0.3) is 0 Å². The number of anilines is 1. The van der Waals surface area contributed by atoms with Gasteiger partial charge in [0.25, 0.3) is 5.91 Å². The number of hydrogen-bond donors (Lipinski definition) is 1. The molecule has 0 bridgehead atoms. The molecule has 0 radical (unpaired) electrons. The van der Waals surface area contributed by atoms with Crippen LogP contribution >= 0.6 is 0 Å². The summed E-state index contributed by atoms with van der Waals surface area (Å²) >= 11 is 0. The van der Waals surface area contributed by atoms with Crippen molar-refractivity contribution in [1.82, 2.24) is 0 Å². The summed E-state index contributed by atoms with van der Waals surface area (Å²) in [6, 6.07) is 10.5. The third-order valence-corrected chi connectivity index (χ3v) is 6.70. The summed E-state index contributed by atoms with van der Waals surface area (Å²) in [5, 5.41) is 2.60. The highest BCUT2D eigenvalue weighted by atomic mass is 32.2. The number of carbonyl (C=O) groups is 1. The maximum Gasteiger partial charge on any atom is 0.255 e. The van der Waals surface area contributed by atoms with Crippen molar-refractivity contribution in [1.29, 1.82) is 0 Å². The predicted octanol–water partition coefficient (Wildman–Crippen LogP) is 4.35. The van der Waals surface area contributed by atoms with E-state index in [9.17, 15) is 17.6 Å². The topological polar surface area (TPSA) is 63.2 Å². The molecule has 0 unspecified atom stereocenters. The molecule has 1 fully saturated rings. The van der Waals surface area contributed by atoms with Gasteiger partial charge in [-0.3, -0.25) is 4.79 Å². The minimum absolute atomic E-state index is 0.126. The third-order valence-electron chi connectivity index (χ3n) is 4.81. The molecule has 0 aliphatic heterocycles. The van der Waals surface area contributed by atoms with Crippen LogP contribution in [-0.2, 0) is 9.84 Å². The first-order chi connectivity index (χ1) is 12.3. The first-order valence-electron chi connectivity index (χ1n) is 8.75. The van der Waals surface area contributed by atoms with Crippen LogP contribution in [0.15, 0.2) is 47.4 Å². The van der Waals surface area contributed by atoms with Crippen molar-refractivity contribution < 1.29 is 17.6 Å². The molecule has 1 amide bonds. The Hall–Kier alpha value is -2.21. The zero-order chi connectivity index (χ0) is 18.7. The lowest BCUT2D eigenvalue weighted by atomic mass is 10.1. The van der Waals surface area contributed by atoms with E-state index in [1.165, 1.54) is 18.2 Å². The Labute approximate surface area is 153 Å². The molecule has 3 rings (SSSR count). The average Bonchev–Trinajstić information content (AvgIpc) is 3.10. The third kappa shape index (κ3) is 4.30. The van der Waals surface area contributed by atoms with Gasteiger partial charge in [0.1, 0.15) is 5.82 Å². The summed E-state index contributed by atoms with van der Waals surface area (Å²) < 4.78 is 38.9. The minimum atomic E-state index is -3.42. The molecular weight excluding hydrogens is 353 g/mol. The zero-order valence-electron chi connectivity index (χ0n) is 14.7. The fourth-order valence-electron chi connectivity index (χ4n) is 3.29. The van der Waals surface area contributed by atoms with Crippen LogP contribution in [0.5, 0.6) is 0 Å². The van der Waals surface area contributed by atoms with E-state index in [1.54, 1.807) is 31.2 Å². The molecule has 2 aromatic rings. The fraction of sp³-hybridized carbons (Fsp3) is 0.350. The Morgan fingerprint density at radius 1 is 1.15 bits per heavy atom. The van der Waals surface area contributed by atoms with Gasteiger partial charge in [-0.05, 0) is 61.6 Å². The molecule has 1 N–H and O–H groups in total. The van der Waals surface area contributed by atoms with Gasteiger partial charge in [-0.25, -0.2) is 12.8 Å². The number of carbonyl (C=O) groups excluding carboxylic acids is 1. The molecule has 0 saturated heterocycles. The molecule has 0 atom stereocenters. The maximum atomic E-state index is 13.6. The van der Waals surface area contributed by atoms with Crippen LogP contribution in [0.1, 0.15) is 41.6 Å². The summed E-state index contributed by atoms with van der Waals surface area (Å²) in [7, 11) is -3.42. The molecule has 1 aliphatic rings. The summed E-state index contributed by atoms with van der Waals surface area (Å²) in [5.41, 5.74) is 1.05. The lowest BCUT2D eigenvalue weighted by Crippen LogP contribution is -2.16. The molecule has 26 heavy (non-hydrogen) atoms. The van der Waals surface area contributed by atoms with Crippen LogP contribution in [0.3, 0.4) is 0 Å². The van der Waals surface area contributed by atoms with Gasteiger partial charge in [0.05, 0.1) is 10.6 Å². The van der Waals surface area contributed by atoms with Gasteiger partial charge in [-0.1, -0.05) is 25.0 Å². The predicted molar refractivity (Wildman–Crippen MR) is 99.5 cm³/mol. The summed E-state index contributed by atoms with van der Waals surface area (Å²) in [6.45, 7) is 1.64. The quantitative estimate of drug-likeness (QED) is 0.845. The molecule has 0 spiro atoms. The standard InChI is InChI=1S/C20H22FNO3S/c1-14-9-10-17(12-19(14)21)22-20(23)16-7-4-8-18(11-16)26(24,25)13-15-5-2-3-6-15/h4,7-12,15H,2-3,5-6,13H2,1H3,(H,22,23). The van der Waals surface area contributed by atoms with E-state index in [0.717, 1.165) is 25.7 Å². The van der Waals surface area contributed by atoms with Crippen molar-refractivity contribution in [3.05, 3.63) is 59.4 Å². The van der Waals surface area contributed by atoms with E-state index in [0.29, 0.717) is 11.3 Å². The van der Waals surface area contributed by atoms with E-state index in [2.05, 4.69) is 5.32 Å². The highest BCUT2D eigenvalue weighted by molar-refractivity contribution is 7.91. The molecule has 0 aromatic heterocycles. The zero-order valence-corrected chi connectivity index (χ0v) is 15.5. The van der Waals surface area contributed by atoms with Gasteiger partial charge in [-0.2, -0.15) is 0 Å². The van der Waals surface area contributed by atoms with E-state index < -0.39 is 21.6 Å². The van der Waals surface area contributed by atoms with Crippen LogP contribution in [0.4, 0.5) is 10.1 Å². The van der Waals surface area contributed by atoms with Crippen molar-refractivity contribution >= 4 is 21.4 Å². The number of amides is 1. The molecule has 4 nitrogen and oxygen atoms in total. The molecule has 0 heterocycles. The second kappa shape index (κ2) is 7.58. The molecule has 6 heteroatoms. The Balaban J connectivity index is 1.77. The summed E-state index contributed by atoms with van der Waals surface area (Å²) in [4.78, 5) is 12.6. The first kappa shape index (κ1) is 18.6. The lowest BCUT2D eigenvalue weighted by molar-refractivity contribution is 0.102. The summed E-state index contributed by atoms with van der Waals surface area (Å²) in [5.74, 6) is -0.545. The molecule has 1 aliphatic carbocycles. The lowest BCUT2D eigenvalue weighted by Gasteiger charge is -2.11. The number of aryl methyl sites for hydroxylation is 1. The van der Waals surface area contributed by atoms with Gasteiger partial charge in [0.15, 0.2) is 9.84 Å². The van der Waals surface area contributed by atoms with E-state index in [-0.39, 0.29) is 22.1 Å². The number of benzene rings is 2. The molecule has 138 valence electrons. The molecule has 1 saturated carbocycles. The van der Waals surface area contributed by atoms with Crippen molar-refractivity contribution in [3.63, 3.8) is 0 Å². The Morgan fingerprint density at radius 3 is 2.58 bits per heavy atom. The second-order valence-electron chi connectivity index (χ2n) is 6.88. The van der Waals surface area contributed by atoms with Gasteiger partial charge < -0.3 is 5.32 Å². The van der Waals surface area contributed by atoms with Crippen LogP contribution < -0.4 is 5.32 Å². The highest BCUT2D eigenvalue weighted by Gasteiger charge is 2.24. The molecule has 2 aromatic carbocycles. The van der Waals surface area contributed by atoms with E-state index in [1.807, 2.05) is 0 Å². The first-order valence-corrected chi connectivity index (χ1v) is 10.4. The Kier molecular flexibility index (Phi) is 5.41. The SMILES string of the molecule is Cc1ccc(NC(=O)c2cccc(S(=O)(=O)CC3CCCC3)c2)cc1F. The Bertz CT molecular complexity index is 918. The minimum Gasteiger partial charge on any atom is -0.322 e. The van der Waals surface area contributed by atoms with Crippen molar-refractivity contribution in [2.24, 2.45) is 5.92 Å². The van der Waals surface area contributed by atoms with Crippen molar-refractivity contribution in [2.45, 2.75) is 37.5 Å². The highest BCUT2D eigenvalue weighted by Crippen LogP contribution is 2.28. The smallest absolute Gasteiger partial charge is 0.255 e. The van der Waals surface area contributed by atoms with E-state index >= 15 is 0 Å². The average molecular weight is 375 g/mol. The van der Waals surface area contributed by atoms with Gasteiger partial charge >= 0.3 is 0 Å². The number of sulfone groups is 1. The maximum absolute atomic E-state index is 13.6. The van der Waals surface area contributed by atoms with Crippen LogP contribution in [-0.4, -0.2) is 20.1 Å². The van der Waals surface area contributed by atoms with Crippen molar-refractivity contribution in [2.75, 3.05) is 11.1 Å². The normalized spacial score (nSPS) is 15.2. The number of halogens is 1. The summed E-state index contributed by atoms with van der Waals surface area (Å²) in [6.07, 6.45) is 4.04. The number of nitrogens with one attached hydrogen (secondary N) is 1. The molecular formula is C20H22FNO3S.